The van der Waals surface area contributed by atoms with Gasteiger partial charge in [-0.15, -0.1) is 0 Å². The van der Waals surface area contributed by atoms with Gasteiger partial charge < -0.3 is 4.74 Å². The van der Waals surface area contributed by atoms with Crippen LogP contribution in [0.3, 0.4) is 0 Å². The summed E-state index contributed by atoms with van der Waals surface area (Å²) in [6.45, 7) is 0.965. The summed E-state index contributed by atoms with van der Waals surface area (Å²) < 4.78 is 147. The zero-order chi connectivity index (χ0) is 25.0. The first-order chi connectivity index (χ1) is 15.1. The third kappa shape index (κ3) is 4.23. The third-order valence-corrected chi connectivity index (χ3v) is 8.82. The Balaban J connectivity index is 2.44. The van der Waals surface area contributed by atoms with Crippen LogP contribution >= 0.6 is 0 Å². The highest BCUT2D eigenvalue weighted by Gasteiger charge is 2.53. The Morgan fingerprint density at radius 2 is 1.21 bits per heavy atom. The molecular weight excluding hydrogens is 485 g/mol. The number of hydrogen-bond acceptors (Lipinski definition) is 1. The van der Waals surface area contributed by atoms with E-state index in [1.807, 2.05) is 0 Å². The zero-order valence-electron chi connectivity index (χ0n) is 17.2. The molecule has 0 bridgehead atoms. The van der Waals surface area contributed by atoms with Crippen molar-refractivity contribution in [3.8, 4) is 5.75 Å². The van der Waals surface area contributed by atoms with Crippen LogP contribution in [0.1, 0.15) is 13.8 Å². The number of alkyl halides is 4. The highest BCUT2D eigenvalue weighted by molar-refractivity contribution is 6.88. The van der Waals surface area contributed by atoms with Gasteiger partial charge in [-0.3, -0.25) is 0 Å². The highest BCUT2D eigenvalue weighted by atomic mass is 27.2. The van der Waals surface area contributed by atoms with Crippen LogP contribution in [0.2, 0.25) is 0 Å². The SMILES string of the molecule is COc1cc(F)cc(F)[c]1[Al]([C]1=C(F)C(F)C(C)(F)C=C1F)[C]1=C(F)C(F)C(C)(F)C=C1F. The van der Waals surface area contributed by atoms with Gasteiger partial charge in [0.1, 0.15) is 40.7 Å². The molecular formula is C21H15AlF10O. The summed E-state index contributed by atoms with van der Waals surface area (Å²) in [5.74, 6) is -11.6. The molecule has 178 valence electrons. The van der Waals surface area contributed by atoms with Gasteiger partial charge in [-0.1, -0.05) is 0 Å². The van der Waals surface area contributed by atoms with Gasteiger partial charge in [-0.05, 0) is 39.3 Å². The van der Waals surface area contributed by atoms with Crippen molar-refractivity contribution in [1.82, 2.24) is 0 Å². The molecule has 0 amide bonds. The van der Waals surface area contributed by atoms with E-state index in [0.717, 1.165) is 7.11 Å². The Morgan fingerprint density at radius 3 is 1.61 bits per heavy atom. The lowest BCUT2D eigenvalue weighted by molar-refractivity contribution is 0.113. The first-order valence-corrected chi connectivity index (χ1v) is 11.1. The number of hydrogen-bond donors (Lipinski definition) is 0. The predicted octanol–water partition coefficient (Wildman–Crippen LogP) is 6.07. The van der Waals surface area contributed by atoms with Gasteiger partial charge in [0.05, 0.1) is 7.11 Å². The van der Waals surface area contributed by atoms with E-state index in [1.165, 1.54) is 0 Å². The highest BCUT2D eigenvalue weighted by Crippen LogP contribution is 2.45. The Hall–Kier alpha value is -2.19. The molecule has 0 heterocycles. The fourth-order valence-electron chi connectivity index (χ4n) is 3.79. The van der Waals surface area contributed by atoms with Crippen LogP contribution in [0.4, 0.5) is 43.9 Å². The molecule has 0 N–H and O–H groups in total. The lowest BCUT2D eigenvalue weighted by atomic mass is 9.95. The van der Waals surface area contributed by atoms with Crippen molar-refractivity contribution in [1.29, 1.82) is 0 Å². The fourth-order valence-corrected chi connectivity index (χ4v) is 7.06. The Bertz CT molecular complexity index is 1060. The molecule has 0 aliphatic heterocycles. The topological polar surface area (TPSA) is 9.23 Å². The summed E-state index contributed by atoms with van der Waals surface area (Å²) in [7, 11) is 0.867. The van der Waals surface area contributed by atoms with Crippen molar-refractivity contribution in [2.75, 3.05) is 7.11 Å². The molecule has 0 spiro atoms. The van der Waals surface area contributed by atoms with E-state index in [-0.39, 0.29) is 18.2 Å². The number of halogens is 10. The molecule has 4 unspecified atom stereocenters. The second-order valence-corrected chi connectivity index (χ2v) is 10.6. The maximum absolute atomic E-state index is 15.0. The standard InChI is InChI=1S/2C7H5F4.C7H5F2O.Al/c2*1-7(11)3-4(8)2-5(9)6(7)10;1-10-7-3-5(8)2-6(9)4-7;/h2*3,6H,1H3;2-3H,1H3;. The van der Waals surface area contributed by atoms with Gasteiger partial charge in [0.15, 0.2) is 23.7 Å². The average molecular weight is 500 g/mol. The second-order valence-electron chi connectivity index (χ2n) is 7.97. The van der Waals surface area contributed by atoms with Gasteiger partial charge in [-0.2, -0.15) is 0 Å². The molecule has 0 saturated carbocycles. The number of ether oxygens (including phenoxy) is 1. The summed E-state index contributed by atoms with van der Waals surface area (Å²) in [5.41, 5.74) is -6.42. The fraction of sp³-hybridized carbons (Fsp3) is 0.333. The summed E-state index contributed by atoms with van der Waals surface area (Å²) in [6, 6.07) is 0.713. The molecule has 2 aliphatic rings. The molecule has 2 aliphatic carbocycles. The maximum Gasteiger partial charge on any atom is 0.412 e. The predicted molar refractivity (Wildman–Crippen MR) is 102 cm³/mol. The molecule has 0 aromatic heterocycles. The minimum atomic E-state index is -4.65. The average Bonchev–Trinajstić information content (AvgIpc) is 2.68. The van der Waals surface area contributed by atoms with Crippen LogP contribution in [-0.2, 0) is 0 Å². The molecule has 1 nitrogen and oxygen atoms in total. The minimum absolute atomic E-state index is 0.0148. The van der Waals surface area contributed by atoms with Crippen molar-refractivity contribution in [3.05, 3.63) is 68.1 Å². The van der Waals surface area contributed by atoms with Crippen LogP contribution in [0.25, 0.3) is 0 Å². The summed E-state index contributed by atoms with van der Waals surface area (Å²) in [6.07, 6.45) is -6.36. The number of allylic oxidation sites excluding steroid dienone is 8. The first-order valence-electron chi connectivity index (χ1n) is 9.39. The Labute approximate surface area is 186 Å². The number of methoxy groups -OCH3 is 1. The lowest BCUT2D eigenvalue weighted by Crippen LogP contribution is -2.46. The van der Waals surface area contributed by atoms with Crippen LogP contribution in [0.15, 0.2) is 56.5 Å². The monoisotopic (exact) mass is 500 g/mol. The van der Waals surface area contributed by atoms with Crippen molar-refractivity contribution in [2.24, 2.45) is 0 Å². The number of benzene rings is 1. The van der Waals surface area contributed by atoms with Gasteiger partial charge in [0.2, 0.25) is 0 Å². The molecule has 0 saturated heterocycles. The van der Waals surface area contributed by atoms with Gasteiger partial charge >= 0.3 is 14.1 Å². The van der Waals surface area contributed by atoms with E-state index >= 15 is 0 Å². The van der Waals surface area contributed by atoms with Crippen LogP contribution in [0.5, 0.6) is 5.75 Å². The molecule has 4 atom stereocenters. The largest absolute Gasteiger partial charge is 0.498 e. The molecule has 3 rings (SSSR count). The van der Waals surface area contributed by atoms with E-state index in [0.29, 0.717) is 19.9 Å². The van der Waals surface area contributed by atoms with Crippen molar-refractivity contribution >= 4 is 18.6 Å². The second kappa shape index (κ2) is 8.55. The Kier molecular flexibility index (Phi) is 6.59. The van der Waals surface area contributed by atoms with E-state index in [9.17, 15) is 43.9 Å². The van der Waals surface area contributed by atoms with E-state index in [2.05, 4.69) is 0 Å². The van der Waals surface area contributed by atoms with E-state index < -0.39 is 91.8 Å². The normalized spacial score (nSPS) is 30.3. The molecule has 0 fully saturated rings. The molecule has 12 heteroatoms. The van der Waals surface area contributed by atoms with Crippen molar-refractivity contribution in [2.45, 2.75) is 37.5 Å². The van der Waals surface area contributed by atoms with Crippen LogP contribution < -0.4 is 9.16 Å². The minimum Gasteiger partial charge on any atom is -0.498 e. The van der Waals surface area contributed by atoms with Gasteiger partial charge in [0.25, 0.3) is 0 Å². The Morgan fingerprint density at radius 1 is 0.788 bits per heavy atom. The van der Waals surface area contributed by atoms with Crippen LogP contribution in [-0.4, -0.2) is 44.9 Å². The van der Waals surface area contributed by atoms with E-state index in [1.54, 1.807) is 0 Å². The molecule has 0 radical (unpaired) electrons. The maximum atomic E-state index is 15.0. The summed E-state index contributed by atoms with van der Waals surface area (Å²) >= 11 is -4.65. The molecule has 1 aromatic rings. The quantitative estimate of drug-likeness (QED) is 0.361. The molecule has 33 heavy (non-hydrogen) atoms. The third-order valence-electron chi connectivity index (χ3n) is 5.43. The van der Waals surface area contributed by atoms with Gasteiger partial charge in [-0.25, -0.2) is 43.9 Å². The first kappa shape index (κ1) is 25.4. The lowest BCUT2D eigenvalue weighted by Gasteiger charge is -2.32. The smallest absolute Gasteiger partial charge is 0.412 e. The summed E-state index contributed by atoms with van der Waals surface area (Å²) in [5, 5.41) is 0. The van der Waals surface area contributed by atoms with Gasteiger partial charge in [0, 0.05) is 12.1 Å². The van der Waals surface area contributed by atoms with Crippen molar-refractivity contribution < 1.29 is 48.6 Å². The van der Waals surface area contributed by atoms with Crippen LogP contribution in [0, 0.1) is 11.6 Å². The van der Waals surface area contributed by atoms with Crippen molar-refractivity contribution in [3.63, 3.8) is 0 Å². The summed E-state index contributed by atoms with van der Waals surface area (Å²) in [4.78, 5) is 0. The number of rotatable bonds is 4. The molecule has 1 aromatic carbocycles. The zero-order valence-corrected chi connectivity index (χ0v) is 18.4. The van der Waals surface area contributed by atoms with E-state index in [4.69, 9.17) is 4.74 Å².